The van der Waals surface area contributed by atoms with Gasteiger partial charge in [-0.25, -0.2) is 0 Å². The van der Waals surface area contributed by atoms with E-state index in [1.165, 1.54) is 0 Å². The van der Waals surface area contributed by atoms with Crippen molar-refractivity contribution in [3.8, 4) is 0 Å². The summed E-state index contributed by atoms with van der Waals surface area (Å²) in [4.78, 5) is 12.1. The topological polar surface area (TPSA) is 49.3 Å². The molecular weight excluding hydrogens is 198 g/mol. The van der Waals surface area contributed by atoms with Gasteiger partial charge in [0.05, 0.1) is 11.7 Å². The van der Waals surface area contributed by atoms with E-state index in [9.17, 15) is 4.79 Å². The summed E-state index contributed by atoms with van der Waals surface area (Å²) in [6, 6.07) is 7.03. The fourth-order valence-corrected chi connectivity index (χ4v) is 1.26. The maximum atomic E-state index is 11.5. The fourth-order valence-electron chi connectivity index (χ4n) is 1.00. The van der Waals surface area contributed by atoms with Crippen LogP contribution in [0.5, 0.6) is 0 Å². The first kappa shape index (κ1) is 11.1. The Morgan fingerprint density at radius 3 is 2.79 bits per heavy atom. The van der Waals surface area contributed by atoms with E-state index in [0.717, 1.165) is 0 Å². The van der Waals surface area contributed by atoms with Crippen LogP contribution >= 0.6 is 12.6 Å². The molecule has 0 aliphatic heterocycles. The van der Waals surface area contributed by atoms with Gasteiger partial charge in [0.25, 0.3) is 5.91 Å². The van der Waals surface area contributed by atoms with Gasteiger partial charge in [-0.2, -0.15) is 0 Å². The van der Waals surface area contributed by atoms with Crippen LogP contribution in [0.15, 0.2) is 29.2 Å². The molecule has 76 valence electrons. The molecule has 1 aromatic carbocycles. The lowest BCUT2D eigenvalue weighted by Crippen LogP contribution is -2.30. The van der Waals surface area contributed by atoms with Gasteiger partial charge in [-0.3, -0.25) is 4.79 Å². The Morgan fingerprint density at radius 1 is 1.57 bits per heavy atom. The van der Waals surface area contributed by atoms with E-state index in [2.05, 4.69) is 17.9 Å². The van der Waals surface area contributed by atoms with Crippen LogP contribution in [0.3, 0.4) is 0 Å². The minimum atomic E-state index is -0.536. The quantitative estimate of drug-likeness (QED) is 0.655. The van der Waals surface area contributed by atoms with Crippen molar-refractivity contribution in [3.05, 3.63) is 29.8 Å². The molecule has 1 amide bonds. The molecule has 0 aromatic heterocycles. The van der Waals surface area contributed by atoms with Crippen molar-refractivity contribution < 1.29 is 9.90 Å². The lowest BCUT2D eigenvalue weighted by molar-refractivity contribution is 0.0921. The summed E-state index contributed by atoms with van der Waals surface area (Å²) in [7, 11) is 0. The highest BCUT2D eigenvalue weighted by Gasteiger charge is 2.08. The second-order valence-corrected chi connectivity index (χ2v) is 3.56. The molecule has 1 aromatic rings. The van der Waals surface area contributed by atoms with E-state index in [0.29, 0.717) is 10.5 Å². The van der Waals surface area contributed by atoms with Crippen molar-refractivity contribution in [1.82, 2.24) is 5.32 Å². The first-order chi connectivity index (χ1) is 6.61. The number of carbonyl (C=O) groups excluding carboxylic acids is 1. The standard InChI is InChI=1S/C10H13NO2S/c1-7(12)6-11-10(13)8-4-2-3-5-9(8)14/h2-5,7,12,14H,6H2,1H3,(H,11,13). The van der Waals surface area contributed by atoms with E-state index in [-0.39, 0.29) is 12.5 Å². The Morgan fingerprint density at radius 2 is 2.21 bits per heavy atom. The monoisotopic (exact) mass is 211 g/mol. The Balaban J connectivity index is 2.65. The number of thiol groups is 1. The molecule has 0 fully saturated rings. The zero-order valence-electron chi connectivity index (χ0n) is 7.90. The van der Waals surface area contributed by atoms with E-state index >= 15 is 0 Å². The summed E-state index contributed by atoms with van der Waals surface area (Å²) in [6.07, 6.45) is -0.536. The molecule has 1 unspecified atom stereocenters. The molecular formula is C10H13NO2S. The molecule has 0 saturated carbocycles. The second kappa shape index (κ2) is 5.02. The van der Waals surface area contributed by atoms with Gasteiger partial charge in [-0.1, -0.05) is 12.1 Å². The maximum Gasteiger partial charge on any atom is 0.252 e. The zero-order valence-corrected chi connectivity index (χ0v) is 8.79. The van der Waals surface area contributed by atoms with E-state index in [1.54, 1.807) is 25.1 Å². The van der Waals surface area contributed by atoms with E-state index in [1.807, 2.05) is 6.07 Å². The van der Waals surface area contributed by atoms with Crippen LogP contribution in [-0.4, -0.2) is 23.7 Å². The van der Waals surface area contributed by atoms with Gasteiger partial charge in [0.15, 0.2) is 0 Å². The molecule has 0 radical (unpaired) electrons. The summed E-state index contributed by atoms with van der Waals surface area (Å²) in [6.45, 7) is 1.87. The predicted octanol–water partition coefficient (Wildman–Crippen LogP) is 1.09. The highest BCUT2D eigenvalue weighted by Crippen LogP contribution is 2.12. The molecule has 2 N–H and O–H groups in total. The summed E-state index contributed by atoms with van der Waals surface area (Å²) >= 11 is 4.16. The third kappa shape index (κ3) is 3.05. The number of hydrogen-bond acceptors (Lipinski definition) is 3. The smallest absolute Gasteiger partial charge is 0.252 e. The minimum absolute atomic E-state index is 0.212. The first-order valence-electron chi connectivity index (χ1n) is 4.35. The molecule has 1 rings (SSSR count). The first-order valence-corrected chi connectivity index (χ1v) is 4.80. The van der Waals surface area contributed by atoms with Gasteiger partial charge >= 0.3 is 0 Å². The maximum absolute atomic E-state index is 11.5. The summed E-state index contributed by atoms with van der Waals surface area (Å²) < 4.78 is 0. The Bertz CT molecular complexity index is 326. The number of carbonyl (C=O) groups is 1. The van der Waals surface area contributed by atoms with Gasteiger partial charge in [0.2, 0.25) is 0 Å². The van der Waals surface area contributed by atoms with E-state index in [4.69, 9.17) is 5.11 Å². The number of hydrogen-bond donors (Lipinski definition) is 3. The fraction of sp³-hybridized carbons (Fsp3) is 0.300. The Hall–Kier alpha value is -1.00. The normalized spacial score (nSPS) is 12.2. The summed E-state index contributed by atoms with van der Waals surface area (Å²) in [5.41, 5.74) is 0.525. The average Bonchev–Trinajstić information content (AvgIpc) is 2.15. The molecule has 3 nitrogen and oxygen atoms in total. The van der Waals surface area contributed by atoms with Crippen molar-refractivity contribution in [2.24, 2.45) is 0 Å². The molecule has 14 heavy (non-hydrogen) atoms. The van der Waals surface area contributed by atoms with Crippen LogP contribution in [0.1, 0.15) is 17.3 Å². The zero-order chi connectivity index (χ0) is 10.6. The minimum Gasteiger partial charge on any atom is -0.392 e. The SMILES string of the molecule is CC(O)CNC(=O)c1ccccc1S. The van der Waals surface area contributed by atoms with Crippen LogP contribution in [0.25, 0.3) is 0 Å². The number of rotatable bonds is 3. The molecule has 0 aliphatic rings. The lowest BCUT2D eigenvalue weighted by Gasteiger charge is -2.08. The van der Waals surface area contributed by atoms with Crippen molar-refractivity contribution in [2.75, 3.05) is 6.54 Å². The van der Waals surface area contributed by atoms with Crippen LogP contribution < -0.4 is 5.32 Å². The summed E-state index contributed by atoms with van der Waals surface area (Å²) in [5.74, 6) is -0.212. The molecule has 4 heteroatoms. The number of amides is 1. The second-order valence-electron chi connectivity index (χ2n) is 3.08. The number of nitrogens with one attached hydrogen (secondary N) is 1. The van der Waals surface area contributed by atoms with E-state index < -0.39 is 6.10 Å². The number of benzene rings is 1. The van der Waals surface area contributed by atoms with Gasteiger partial charge in [0, 0.05) is 11.4 Å². The van der Waals surface area contributed by atoms with Crippen LogP contribution in [0.2, 0.25) is 0 Å². The van der Waals surface area contributed by atoms with Gasteiger partial charge < -0.3 is 10.4 Å². The summed E-state index contributed by atoms with van der Waals surface area (Å²) in [5, 5.41) is 11.6. The van der Waals surface area contributed by atoms with Crippen molar-refractivity contribution in [1.29, 1.82) is 0 Å². The van der Waals surface area contributed by atoms with Crippen LogP contribution in [-0.2, 0) is 0 Å². The number of aliphatic hydroxyl groups is 1. The highest BCUT2D eigenvalue weighted by atomic mass is 32.1. The third-order valence-electron chi connectivity index (χ3n) is 1.71. The number of aliphatic hydroxyl groups excluding tert-OH is 1. The highest BCUT2D eigenvalue weighted by molar-refractivity contribution is 7.80. The van der Waals surface area contributed by atoms with Crippen LogP contribution in [0.4, 0.5) is 0 Å². The molecule has 0 saturated heterocycles. The Labute approximate surface area is 88.6 Å². The van der Waals surface area contributed by atoms with Crippen molar-refractivity contribution >= 4 is 18.5 Å². The van der Waals surface area contributed by atoms with Gasteiger partial charge in [-0.05, 0) is 19.1 Å². The lowest BCUT2D eigenvalue weighted by atomic mass is 10.2. The van der Waals surface area contributed by atoms with Gasteiger partial charge in [-0.15, -0.1) is 12.6 Å². The van der Waals surface area contributed by atoms with Crippen molar-refractivity contribution in [3.63, 3.8) is 0 Å². The molecule has 0 heterocycles. The average molecular weight is 211 g/mol. The van der Waals surface area contributed by atoms with Crippen LogP contribution in [0, 0.1) is 0 Å². The van der Waals surface area contributed by atoms with Crippen molar-refractivity contribution in [2.45, 2.75) is 17.9 Å². The molecule has 0 bridgehead atoms. The van der Waals surface area contributed by atoms with Gasteiger partial charge in [0.1, 0.15) is 0 Å². The Kier molecular flexibility index (Phi) is 3.98. The largest absolute Gasteiger partial charge is 0.392 e. The molecule has 0 aliphatic carbocycles. The third-order valence-corrected chi connectivity index (χ3v) is 2.10. The molecule has 0 spiro atoms. The molecule has 1 atom stereocenters. The predicted molar refractivity (Wildman–Crippen MR) is 57.7 cm³/mol.